The van der Waals surface area contributed by atoms with Gasteiger partial charge in [-0.25, -0.2) is 8.42 Å². The zero-order valence-electron chi connectivity index (χ0n) is 11.2. The largest absolute Gasteiger partial charge is 0.501 e. The van der Waals surface area contributed by atoms with Crippen molar-refractivity contribution < 1.29 is 39.6 Å². The molecule has 1 aromatic carbocycles. The molecule has 0 heterocycles. The standard InChI is InChI=1S/C12H10F6O3S/c1-6(2)10(19)7-3-8(11(13,14)15)5-9(4-7)22(20,21)12(16,17)18/h3-6H,1-2H3. The highest BCUT2D eigenvalue weighted by Crippen LogP contribution is 2.36. The van der Waals surface area contributed by atoms with Crippen LogP contribution < -0.4 is 0 Å². The maximum Gasteiger partial charge on any atom is 0.501 e. The number of hydrogen-bond donors (Lipinski definition) is 0. The lowest BCUT2D eigenvalue weighted by molar-refractivity contribution is -0.137. The molecule has 0 radical (unpaired) electrons. The summed E-state index contributed by atoms with van der Waals surface area (Å²) in [7, 11) is -5.99. The molecule has 0 saturated heterocycles. The van der Waals surface area contributed by atoms with E-state index in [1.165, 1.54) is 13.8 Å². The van der Waals surface area contributed by atoms with Gasteiger partial charge in [0.15, 0.2) is 5.78 Å². The maximum atomic E-state index is 12.7. The van der Waals surface area contributed by atoms with E-state index < -0.39 is 49.2 Å². The second-order valence-corrected chi connectivity index (χ2v) is 6.65. The van der Waals surface area contributed by atoms with Crippen molar-refractivity contribution in [1.29, 1.82) is 0 Å². The molecule has 0 saturated carbocycles. The van der Waals surface area contributed by atoms with Gasteiger partial charge in [0.05, 0.1) is 10.5 Å². The Balaban J connectivity index is 3.68. The number of alkyl halides is 6. The first kappa shape index (κ1) is 18.5. The van der Waals surface area contributed by atoms with E-state index in [9.17, 15) is 39.6 Å². The molecule has 22 heavy (non-hydrogen) atoms. The molecule has 3 nitrogen and oxygen atoms in total. The van der Waals surface area contributed by atoms with Gasteiger partial charge in [0.2, 0.25) is 0 Å². The molecule has 124 valence electrons. The number of carbonyl (C=O) groups excluding carboxylic acids is 1. The quantitative estimate of drug-likeness (QED) is 0.616. The van der Waals surface area contributed by atoms with Crippen LogP contribution in [0.15, 0.2) is 23.1 Å². The van der Waals surface area contributed by atoms with E-state index in [2.05, 4.69) is 0 Å². The van der Waals surface area contributed by atoms with Gasteiger partial charge < -0.3 is 0 Å². The molecular formula is C12H10F6O3S. The number of benzene rings is 1. The maximum absolute atomic E-state index is 12.7. The van der Waals surface area contributed by atoms with Gasteiger partial charge in [-0.15, -0.1) is 0 Å². The Kier molecular flexibility index (Phi) is 4.67. The summed E-state index contributed by atoms with van der Waals surface area (Å²) in [6, 6.07) is 0.498. The molecule has 0 fully saturated rings. The summed E-state index contributed by atoms with van der Waals surface area (Å²) in [4.78, 5) is 10.1. The highest BCUT2D eigenvalue weighted by molar-refractivity contribution is 7.92. The molecule has 1 aromatic rings. The summed E-state index contributed by atoms with van der Waals surface area (Å²) >= 11 is 0. The van der Waals surface area contributed by atoms with Crippen molar-refractivity contribution in [1.82, 2.24) is 0 Å². The summed E-state index contributed by atoms with van der Waals surface area (Å²) in [5, 5.41) is 0. The first-order valence-electron chi connectivity index (χ1n) is 5.76. The highest BCUT2D eigenvalue weighted by Gasteiger charge is 2.48. The minimum Gasteiger partial charge on any atom is -0.294 e. The van der Waals surface area contributed by atoms with E-state index in [1.54, 1.807) is 0 Å². The lowest BCUT2D eigenvalue weighted by Crippen LogP contribution is -2.24. The second kappa shape index (κ2) is 5.56. The summed E-state index contributed by atoms with van der Waals surface area (Å²) in [5.74, 6) is -1.71. The molecule has 0 aromatic heterocycles. The van der Waals surface area contributed by atoms with Crippen LogP contribution in [0.3, 0.4) is 0 Å². The molecular weight excluding hydrogens is 338 g/mol. The van der Waals surface area contributed by atoms with E-state index in [0.29, 0.717) is 12.1 Å². The Hall–Kier alpha value is -1.58. The van der Waals surface area contributed by atoms with Gasteiger partial charge in [-0.3, -0.25) is 4.79 Å². The Morgan fingerprint density at radius 1 is 1.00 bits per heavy atom. The fourth-order valence-electron chi connectivity index (χ4n) is 1.53. The number of ketones is 1. The van der Waals surface area contributed by atoms with Crippen molar-refractivity contribution in [2.24, 2.45) is 5.92 Å². The zero-order chi connectivity index (χ0) is 17.5. The molecule has 0 aliphatic heterocycles. The van der Waals surface area contributed by atoms with Crippen molar-refractivity contribution >= 4 is 15.6 Å². The van der Waals surface area contributed by atoms with Crippen LogP contribution in [0.5, 0.6) is 0 Å². The van der Waals surface area contributed by atoms with E-state index in [0.717, 1.165) is 0 Å². The highest BCUT2D eigenvalue weighted by atomic mass is 32.2. The lowest BCUT2D eigenvalue weighted by atomic mass is 9.99. The predicted octanol–water partition coefficient (Wildman–Crippen LogP) is 3.84. The monoisotopic (exact) mass is 348 g/mol. The van der Waals surface area contributed by atoms with Gasteiger partial charge in [-0.05, 0) is 18.2 Å². The molecule has 0 N–H and O–H groups in total. The Morgan fingerprint density at radius 3 is 1.86 bits per heavy atom. The number of halogens is 6. The third-order valence-corrected chi connectivity index (χ3v) is 4.12. The normalized spacial score (nSPS) is 13.5. The number of carbonyl (C=O) groups is 1. The van der Waals surface area contributed by atoms with Gasteiger partial charge in [-0.2, -0.15) is 26.3 Å². The fourth-order valence-corrected chi connectivity index (χ4v) is 2.36. The van der Waals surface area contributed by atoms with Crippen LogP contribution in [-0.2, 0) is 16.0 Å². The molecule has 0 aliphatic rings. The van der Waals surface area contributed by atoms with Crippen LogP contribution in [0.25, 0.3) is 0 Å². The first-order chi connectivity index (χ1) is 9.68. The minimum atomic E-state index is -5.99. The van der Waals surface area contributed by atoms with Crippen molar-refractivity contribution in [3.63, 3.8) is 0 Å². The van der Waals surface area contributed by atoms with Gasteiger partial charge in [0.25, 0.3) is 9.84 Å². The zero-order valence-corrected chi connectivity index (χ0v) is 12.0. The smallest absolute Gasteiger partial charge is 0.294 e. The van der Waals surface area contributed by atoms with Crippen LogP contribution in [0.2, 0.25) is 0 Å². The van der Waals surface area contributed by atoms with Gasteiger partial charge in [0, 0.05) is 11.5 Å². The number of sulfone groups is 1. The van der Waals surface area contributed by atoms with Gasteiger partial charge >= 0.3 is 11.7 Å². The molecule has 10 heteroatoms. The summed E-state index contributed by atoms with van der Waals surface area (Å²) in [5.41, 5.74) is -8.15. The summed E-state index contributed by atoms with van der Waals surface area (Å²) < 4.78 is 98.1. The van der Waals surface area contributed by atoms with E-state index >= 15 is 0 Å². The van der Waals surface area contributed by atoms with Crippen molar-refractivity contribution in [2.75, 3.05) is 0 Å². The average molecular weight is 348 g/mol. The molecule has 0 atom stereocenters. The summed E-state index contributed by atoms with van der Waals surface area (Å²) in [6.45, 7) is 2.64. The Labute approximate surface area is 121 Å². The molecule has 0 amide bonds. The van der Waals surface area contributed by atoms with Crippen LogP contribution in [-0.4, -0.2) is 19.7 Å². The summed E-state index contributed by atoms with van der Waals surface area (Å²) in [6.07, 6.45) is -5.09. The topological polar surface area (TPSA) is 51.2 Å². The van der Waals surface area contributed by atoms with Crippen LogP contribution in [0.4, 0.5) is 26.3 Å². The van der Waals surface area contributed by atoms with E-state index in [1.807, 2.05) is 0 Å². The number of hydrogen-bond acceptors (Lipinski definition) is 3. The minimum absolute atomic E-state index is 0.139. The molecule has 0 bridgehead atoms. The average Bonchev–Trinajstić information content (AvgIpc) is 2.34. The third kappa shape index (κ3) is 3.60. The Bertz CT molecular complexity index is 686. The first-order valence-corrected chi connectivity index (χ1v) is 7.24. The third-order valence-electron chi connectivity index (χ3n) is 2.66. The van der Waals surface area contributed by atoms with Crippen molar-refractivity contribution in [3.8, 4) is 0 Å². The lowest BCUT2D eigenvalue weighted by Gasteiger charge is -2.14. The molecule has 0 spiro atoms. The Morgan fingerprint density at radius 2 is 1.50 bits per heavy atom. The van der Waals surface area contributed by atoms with Gasteiger partial charge in [0.1, 0.15) is 0 Å². The van der Waals surface area contributed by atoms with Crippen molar-refractivity contribution in [3.05, 3.63) is 29.3 Å². The van der Waals surface area contributed by atoms with Crippen molar-refractivity contribution in [2.45, 2.75) is 30.4 Å². The predicted molar refractivity (Wildman–Crippen MR) is 63.9 cm³/mol. The van der Waals surface area contributed by atoms with E-state index in [-0.39, 0.29) is 6.07 Å². The van der Waals surface area contributed by atoms with Crippen LogP contribution >= 0.6 is 0 Å². The fraction of sp³-hybridized carbons (Fsp3) is 0.417. The number of rotatable bonds is 3. The van der Waals surface area contributed by atoms with E-state index in [4.69, 9.17) is 0 Å². The van der Waals surface area contributed by atoms with Gasteiger partial charge in [-0.1, -0.05) is 13.8 Å². The second-order valence-electron chi connectivity index (χ2n) is 4.71. The molecule has 0 unspecified atom stereocenters. The van der Waals surface area contributed by atoms with Crippen LogP contribution in [0, 0.1) is 5.92 Å². The SMILES string of the molecule is CC(C)C(=O)c1cc(C(F)(F)F)cc(S(=O)(=O)C(F)(F)F)c1. The molecule has 1 rings (SSSR count). The molecule has 0 aliphatic carbocycles. The van der Waals surface area contributed by atoms with Crippen LogP contribution in [0.1, 0.15) is 29.8 Å². The number of Topliss-reactive ketones (excluding diaryl/α,β-unsaturated/α-hetero) is 1.